The van der Waals surface area contributed by atoms with Crippen LogP contribution in [0.25, 0.3) is 4.85 Å². The molecule has 4 nitrogen and oxygen atoms in total. The molecule has 0 amide bonds. The van der Waals surface area contributed by atoms with Crippen LogP contribution in [-0.4, -0.2) is 13.2 Å². The highest BCUT2D eigenvalue weighted by molar-refractivity contribution is 5.56. The second-order valence-electron chi connectivity index (χ2n) is 4.24. The molecule has 0 bridgehead atoms. The first-order valence-electron chi connectivity index (χ1n) is 6.56. The van der Waals surface area contributed by atoms with Gasteiger partial charge >= 0.3 is 0 Å². The molecule has 2 rings (SSSR count). The Kier molecular flexibility index (Phi) is 5.20. The third-order valence-corrected chi connectivity index (χ3v) is 2.80. The van der Waals surface area contributed by atoms with Crippen LogP contribution >= 0.6 is 0 Å². The second-order valence-corrected chi connectivity index (χ2v) is 4.24. The van der Waals surface area contributed by atoms with Gasteiger partial charge in [-0.1, -0.05) is 30.3 Å². The van der Waals surface area contributed by atoms with Crippen molar-refractivity contribution in [3.05, 3.63) is 65.5 Å². The van der Waals surface area contributed by atoms with Gasteiger partial charge in [0.2, 0.25) is 5.69 Å². The van der Waals surface area contributed by atoms with Gasteiger partial charge in [-0.3, -0.25) is 0 Å². The summed E-state index contributed by atoms with van der Waals surface area (Å²) in [6, 6.07) is 16.4. The highest BCUT2D eigenvalue weighted by atomic mass is 16.5. The van der Waals surface area contributed by atoms with Gasteiger partial charge < -0.3 is 9.47 Å². The van der Waals surface area contributed by atoms with Gasteiger partial charge in [-0.05, 0) is 18.2 Å². The van der Waals surface area contributed by atoms with E-state index in [0.29, 0.717) is 42.4 Å². The van der Waals surface area contributed by atoms with Crippen LogP contribution in [0, 0.1) is 17.9 Å². The zero-order chi connectivity index (χ0) is 14.9. The Labute approximate surface area is 124 Å². The van der Waals surface area contributed by atoms with E-state index in [1.807, 2.05) is 18.2 Å². The lowest BCUT2D eigenvalue weighted by atomic mass is 10.2. The Bertz CT molecular complexity index is 624. The van der Waals surface area contributed by atoms with Crippen LogP contribution in [0.1, 0.15) is 12.0 Å². The minimum atomic E-state index is 0.457. The number of benzene rings is 2. The van der Waals surface area contributed by atoms with Crippen molar-refractivity contribution in [2.75, 3.05) is 13.2 Å². The average Bonchev–Trinajstić information content (AvgIpc) is 2.55. The molecule has 2 aromatic rings. The average molecular weight is 278 g/mol. The van der Waals surface area contributed by atoms with E-state index in [1.165, 1.54) is 0 Å². The molecule has 104 valence electrons. The maximum absolute atomic E-state index is 8.94. The van der Waals surface area contributed by atoms with Crippen molar-refractivity contribution in [3.63, 3.8) is 0 Å². The van der Waals surface area contributed by atoms with E-state index in [9.17, 15) is 0 Å². The molecule has 0 saturated carbocycles. The first-order chi connectivity index (χ1) is 10.3. The molecule has 0 N–H and O–H groups in total. The predicted molar refractivity (Wildman–Crippen MR) is 79.5 cm³/mol. The van der Waals surface area contributed by atoms with Crippen molar-refractivity contribution in [1.29, 1.82) is 5.26 Å². The molecule has 21 heavy (non-hydrogen) atoms. The van der Waals surface area contributed by atoms with Crippen molar-refractivity contribution in [2.24, 2.45) is 0 Å². The zero-order valence-electron chi connectivity index (χ0n) is 11.5. The van der Waals surface area contributed by atoms with Crippen LogP contribution in [0.4, 0.5) is 5.69 Å². The van der Waals surface area contributed by atoms with Crippen molar-refractivity contribution >= 4 is 5.69 Å². The number of nitriles is 1. The lowest BCUT2D eigenvalue weighted by Gasteiger charge is -2.09. The van der Waals surface area contributed by atoms with Gasteiger partial charge in [0, 0.05) is 6.42 Å². The summed E-state index contributed by atoms with van der Waals surface area (Å²) in [7, 11) is 0. The number of para-hydroxylation sites is 3. The summed E-state index contributed by atoms with van der Waals surface area (Å²) in [5, 5.41) is 8.94. The van der Waals surface area contributed by atoms with E-state index < -0.39 is 0 Å². The minimum absolute atomic E-state index is 0.457. The van der Waals surface area contributed by atoms with E-state index in [2.05, 4.69) is 10.9 Å². The molecule has 0 aromatic heterocycles. The van der Waals surface area contributed by atoms with Gasteiger partial charge in [-0.2, -0.15) is 5.26 Å². The smallest absolute Gasteiger partial charge is 0.228 e. The summed E-state index contributed by atoms with van der Waals surface area (Å²) in [6.45, 7) is 7.96. The predicted octanol–water partition coefficient (Wildman–Crippen LogP) is 3.96. The molecule has 0 aliphatic rings. The lowest BCUT2D eigenvalue weighted by molar-refractivity contribution is 0.248. The third-order valence-electron chi connectivity index (χ3n) is 2.80. The van der Waals surface area contributed by atoms with Crippen LogP contribution in [0.3, 0.4) is 0 Å². The Hall–Kier alpha value is -2.98. The van der Waals surface area contributed by atoms with Crippen LogP contribution in [0.5, 0.6) is 11.5 Å². The van der Waals surface area contributed by atoms with Crippen LogP contribution in [0.2, 0.25) is 0 Å². The molecule has 0 atom stereocenters. The second kappa shape index (κ2) is 7.57. The fourth-order valence-electron chi connectivity index (χ4n) is 1.78. The first-order valence-corrected chi connectivity index (χ1v) is 6.56. The van der Waals surface area contributed by atoms with Crippen molar-refractivity contribution < 1.29 is 9.47 Å². The van der Waals surface area contributed by atoms with Crippen LogP contribution < -0.4 is 9.47 Å². The molecule has 0 heterocycles. The van der Waals surface area contributed by atoms with E-state index >= 15 is 0 Å². The number of rotatable bonds is 6. The Balaban J connectivity index is 1.78. The maximum atomic E-state index is 8.94. The molecule has 0 radical (unpaired) electrons. The van der Waals surface area contributed by atoms with Gasteiger partial charge in [0.05, 0.1) is 25.3 Å². The summed E-state index contributed by atoms with van der Waals surface area (Å²) in [5.41, 5.74) is 1.03. The molecule has 0 aliphatic heterocycles. The topological polar surface area (TPSA) is 46.6 Å². The normalized spacial score (nSPS) is 9.43. The van der Waals surface area contributed by atoms with Crippen LogP contribution in [-0.2, 0) is 0 Å². The van der Waals surface area contributed by atoms with Gasteiger partial charge in [0.1, 0.15) is 17.6 Å². The van der Waals surface area contributed by atoms with E-state index in [4.69, 9.17) is 21.3 Å². The van der Waals surface area contributed by atoms with Crippen LogP contribution in [0.15, 0.2) is 48.5 Å². The van der Waals surface area contributed by atoms with Gasteiger partial charge in [0.15, 0.2) is 0 Å². The number of hydrogen-bond donors (Lipinski definition) is 0. The fraction of sp³-hybridized carbons (Fsp3) is 0.176. The largest absolute Gasteiger partial charge is 0.504 e. The van der Waals surface area contributed by atoms with Crippen molar-refractivity contribution in [1.82, 2.24) is 0 Å². The number of ether oxygens (including phenoxy) is 2. The molecule has 0 spiro atoms. The Morgan fingerprint density at radius 2 is 1.57 bits per heavy atom. The summed E-state index contributed by atoms with van der Waals surface area (Å²) in [5.74, 6) is 1.17. The van der Waals surface area contributed by atoms with Gasteiger partial charge in [-0.25, -0.2) is 4.85 Å². The van der Waals surface area contributed by atoms with Gasteiger partial charge in [0.25, 0.3) is 0 Å². The summed E-state index contributed by atoms with van der Waals surface area (Å²) in [4.78, 5) is 3.40. The SMILES string of the molecule is [C-]#[N+]c1ccccc1OCCCOc1ccccc1C#N. The van der Waals surface area contributed by atoms with Gasteiger partial charge in [-0.15, -0.1) is 0 Å². The maximum Gasteiger partial charge on any atom is 0.228 e. The third kappa shape index (κ3) is 3.99. The summed E-state index contributed by atoms with van der Waals surface area (Å²) in [6.07, 6.45) is 0.673. The molecular weight excluding hydrogens is 264 g/mol. The Morgan fingerprint density at radius 3 is 2.29 bits per heavy atom. The first kappa shape index (κ1) is 14.4. The molecular formula is C17H14N2O2. The van der Waals surface area contributed by atoms with E-state index in [-0.39, 0.29) is 0 Å². The van der Waals surface area contributed by atoms with E-state index in [0.717, 1.165) is 0 Å². The molecule has 0 unspecified atom stereocenters. The number of hydrogen-bond acceptors (Lipinski definition) is 3. The highest BCUT2D eigenvalue weighted by Gasteiger charge is 2.03. The zero-order valence-corrected chi connectivity index (χ0v) is 11.5. The summed E-state index contributed by atoms with van der Waals surface area (Å²) >= 11 is 0. The molecule has 2 aromatic carbocycles. The van der Waals surface area contributed by atoms with E-state index in [1.54, 1.807) is 30.3 Å². The quantitative estimate of drug-likeness (QED) is 0.593. The molecule has 0 aliphatic carbocycles. The van der Waals surface area contributed by atoms with Crippen molar-refractivity contribution in [2.45, 2.75) is 6.42 Å². The summed E-state index contributed by atoms with van der Waals surface area (Å²) < 4.78 is 11.1. The van der Waals surface area contributed by atoms with Crippen molar-refractivity contribution in [3.8, 4) is 17.6 Å². The molecule has 0 fully saturated rings. The Morgan fingerprint density at radius 1 is 0.952 bits per heavy atom. The fourth-order valence-corrected chi connectivity index (χ4v) is 1.78. The molecule has 0 saturated heterocycles. The lowest BCUT2D eigenvalue weighted by Crippen LogP contribution is -2.05. The monoisotopic (exact) mass is 278 g/mol. The number of nitrogens with zero attached hydrogens (tertiary/aromatic N) is 2. The standard InChI is InChI=1S/C17H14N2O2/c1-19-15-8-3-5-10-17(15)21-12-6-11-20-16-9-4-2-7-14(16)13-18/h2-5,7-10H,6,11-12H2. The molecule has 4 heteroatoms. The minimum Gasteiger partial charge on any atom is -0.504 e. The highest BCUT2D eigenvalue weighted by Crippen LogP contribution is 2.26.